The summed E-state index contributed by atoms with van der Waals surface area (Å²) < 4.78 is 79.1. The van der Waals surface area contributed by atoms with Gasteiger partial charge in [-0.15, -0.1) is 0 Å². The molecule has 0 aliphatic carbocycles. The second-order valence-electron chi connectivity index (χ2n) is 9.95. The first-order chi connectivity index (χ1) is 18.8. The summed E-state index contributed by atoms with van der Waals surface area (Å²) in [5.41, 5.74) is -5.98. The zero-order valence-electron chi connectivity index (χ0n) is 23.0. The fourth-order valence-corrected chi connectivity index (χ4v) is 6.70. The summed E-state index contributed by atoms with van der Waals surface area (Å²) in [6, 6.07) is -2.18. The summed E-state index contributed by atoms with van der Waals surface area (Å²) in [5.74, 6) is -2.32. The first kappa shape index (κ1) is 35.4. The van der Waals surface area contributed by atoms with E-state index in [1.54, 1.807) is 32.7 Å². The summed E-state index contributed by atoms with van der Waals surface area (Å²) in [6.07, 6.45) is -13.4. The molecule has 0 spiro atoms. The predicted molar refractivity (Wildman–Crippen MR) is 140 cm³/mol. The Morgan fingerprint density at radius 2 is 1.83 bits per heavy atom. The number of hydrogen-bond donors (Lipinski definition) is 5. The summed E-state index contributed by atoms with van der Waals surface area (Å²) >= 11 is 5.51. The van der Waals surface area contributed by atoms with E-state index in [-0.39, 0.29) is 10.8 Å². The number of alkyl halides is 3. The topological polar surface area (TPSA) is 173 Å². The number of hydrogen-bond acceptors (Lipinski definition) is 10. The third-order valence-corrected chi connectivity index (χ3v) is 8.65. The van der Waals surface area contributed by atoms with Gasteiger partial charge < -0.3 is 28.9 Å². The number of ether oxygens (including phenoxy) is 3. The van der Waals surface area contributed by atoms with Gasteiger partial charge in [-0.2, -0.15) is 4.39 Å². The molecule has 2 rings (SSSR count). The average Bonchev–Trinajstić information content (AvgIpc) is 3.10. The van der Waals surface area contributed by atoms with Crippen molar-refractivity contribution in [2.75, 3.05) is 6.61 Å². The SMILES string of the molecule is CC(C)OC(=O)[C@H](C)NP(=S)(N[C@@H](C)C(O)OC(C)C)OC[C@@]1(C(F)F)O[C@@H](n2cc(F)c(=O)[nH]c2=O)[C@H](F)[C@@H]1O. The molecule has 13 nitrogen and oxygen atoms in total. The molecule has 2 unspecified atom stereocenters. The van der Waals surface area contributed by atoms with E-state index in [4.69, 9.17) is 30.5 Å². The zero-order chi connectivity index (χ0) is 31.4. The Labute approximate surface area is 237 Å². The largest absolute Gasteiger partial charge is 0.462 e. The normalized spacial score (nSPS) is 26.8. The van der Waals surface area contributed by atoms with E-state index >= 15 is 4.39 Å². The molecule has 1 aliphatic rings. The van der Waals surface area contributed by atoms with E-state index < -0.39 is 97.3 Å². The van der Waals surface area contributed by atoms with Crippen LogP contribution < -0.4 is 21.4 Å². The van der Waals surface area contributed by atoms with E-state index in [1.165, 1.54) is 13.8 Å². The Morgan fingerprint density at radius 3 is 2.37 bits per heavy atom. The minimum atomic E-state index is -3.85. The molecule has 1 aliphatic heterocycles. The van der Waals surface area contributed by atoms with Crippen LogP contribution in [0.2, 0.25) is 0 Å². The molecular formula is C22H35F4N4O9PS. The number of rotatable bonds is 14. The van der Waals surface area contributed by atoms with Crippen LogP contribution in [0.5, 0.6) is 0 Å². The predicted octanol–water partition coefficient (Wildman–Crippen LogP) is 0.800. The van der Waals surface area contributed by atoms with Gasteiger partial charge in [0.05, 0.1) is 31.1 Å². The Balaban J connectivity index is 2.41. The third kappa shape index (κ3) is 8.64. The summed E-state index contributed by atoms with van der Waals surface area (Å²) in [7, 11) is 0. The Morgan fingerprint density at radius 1 is 1.22 bits per heavy atom. The quantitative estimate of drug-likeness (QED) is 0.0841. The Bertz CT molecular complexity index is 1220. The smallest absolute Gasteiger partial charge is 0.330 e. The molecule has 0 aromatic carbocycles. The van der Waals surface area contributed by atoms with Gasteiger partial charge in [-0.05, 0) is 53.3 Å². The minimum Gasteiger partial charge on any atom is -0.462 e. The van der Waals surface area contributed by atoms with Gasteiger partial charge in [0.25, 0.3) is 12.0 Å². The molecule has 0 bridgehead atoms. The second kappa shape index (κ2) is 14.1. The molecule has 1 saturated heterocycles. The number of halogens is 4. The van der Waals surface area contributed by atoms with E-state index in [0.717, 1.165) is 0 Å². The van der Waals surface area contributed by atoms with Crippen molar-refractivity contribution in [2.45, 2.75) is 103 Å². The van der Waals surface area contributed by atoms with Gasteiger partial charge in [0.2, 0.25) is 5.82 Å². The molecule has 1 aromatic heterocycles. The molecule has 2 heterocycles. The van der Waals surface area contributed by atoms with Crippen LogP contribution in [0.25, 0.3) is 0 Å². The van der Waals surface area contributed by atoms with Crippen LogP contribution >= 0.6 is 6.57 Å². The van der Waals surface area contributed by atoms with Gasteiger partial charge in [-0.3, -0.25) is 19.1 Å². The first-order valence-corrected chi connectivity index (χ1v) is 15.2. The number of nitrogens with zero attached hydrogens (tertiary/aromatic N) is 1. The number of carbonyl (C=O) groups excluding carboxylic acids is 1. The van der Waals surface area contributed by atoms with E-state index in [2.05, 4.69) is 10.2 Å². The lowest BCUT2D eigenvalue weighted by Gasteiger charge is -2.36. The molecule has 8 atom stereocenters. The second-order valence-corrected chi connectivity index (χ2v) is 13.4. The van der Waals surface area contributed by atoms with Crippen molar-refractivity contribution >= 4 is 24.3 Å². The van der Waals surface area contributed by atoms with Crippen molar-refractivity contribution in [3.63, 3.8) is 0 Å². The highest BCUT2D eigenvalue weighted by Crippen LogP contribution is 2.47. The molecule has 5 N–H and O–H groups in total. The molecule has 1 fully saturated rings. The van der Waals surface area contributed by atoms with Crippen LogP contribution in [-0.4, -0.2) is 87.2 Å². The summed E-state index contributed by atoms with van der Waals surface area (Å²) in [6.45, 7) is 4.06. The Hall–Kier alpha value is -1.76. The maximum atomic E-state index is 15.1. The van der Waals surface area contributed by atoms with Crippen LogP contribution in [-0.2, 0) is 35.3 Å². The standard InChI is InChI=1S/C22H35F4N4O9PS/c1-9(2)37-18(33)11(5)28-40(41,29-12(6)19(34)38-10(3)4)36-8-22(20(25)26)15(31)14(24)17(39-22)30-7-13(23)16(32)27-21(30)35/h7,9-12,14-15,17-18,20,31,33H,8H2,1-6H3,(H,27,32,35)(H2,28,29,41)/t11-,12-,14+,15-,17+,18?,22+,40?/m0/s1. The molecule has 0 amide bonds. The molecule has 19 heteroatoms. The van der Waals surface area contributed by atoms with Gasteiger partial charge >= 0.3 is 11.7 Å². The highest BCUT2D eigenvalue weighted by molar-refractivity contribution is 8.10. The number of H-pyrrole nitrogens is 1. The van der Waals surface area contributed by atoms with E-state index in [1.807, 2.05) is 0 Å². The number of aliphatic hydroxyl groups excluding tert-OH is 2. The van der Waals surface area contributed by atoms with Crippen molar-refractivity contribution in [3.05, 3.63) is 32.9 Å². The van der Waals surface area contributed by atoms with Crippen molar-refractivity contribution in [2.24, 2.45) is 0 Å². The minimum absolute atomic E-state index is 0.174. The fourth-order valence-electron chi connectivity index (χ4n) is 3.68. The van der Waals surface area contributed by atoms with Crippen molar-refractivity contribution in [1.29, 1.82) is 0 Å². The van der Waals surface area contributed by atoms with E-state index in [0.29, 0.717) is 0 Å². The maximum Gasteiger partial charge on any atom is 0.330 e. The number of aromatic nitrogens is 2. The van der Waals surface area contributed by atoms with Crippen LogP contribution in [0.15, 0.2) is 15.8 Å². The van der Waals surface area contributed by atoms with E-state index in [9.17, 15) is 37.8 Å². The van der Waals surface area contributed by atoms with Crippen LogP contribution in [0.4, 0.5) is 17.6 Å². The average molecular weight is 639 g/mol. The monoisotopic (exact) mass is 638 g/mol. The summed E-state index contributed by atoms with van der Waals surface area (Å²) in [5, 5.41) is 26.2. The first-order valence-electron chi connectivity index (χ1n) is 12.5. The van der Waals surface area contributed by atoms with Gasteiger partial charge in [0, 0.05) is 0 Å². The number of aliphatic hydroxyl groups is 2. The number of carbonyl (C=O) groups is 1. The number of nitrogens with one attached hydrogen (secondary N) is 3. The third-order valence-electron chi connectivity index (χ3n) is 5.74. The van der Waals surface area contributed by atoms with Gasteiger partial charge in [0.15, 0.2) is 30.9 Å². The van der Waals surface area contributed by atoms with Crippen LogP contribution in [0.1, 0.15) is 47.8 Å². The molecule has 0 saturated carbocycles. The fraction of sp³-hybridized carbons (Fsp3) is 0.773. The highest BCUT2D eigenvalue weighted by atomic mass is 32.4. The molecule has 0 radical (unpaired) electrons. The van der Waals surface area contributed by atoms with Crippen LogP contribution in [0.3, 0.4) is 0 Å². The maximum absolute atomic E-state index is 15.1. The number of esters is 1. The molecular weight excluding hydrogens is 603 g/mol. The van der Waals surface area contributed by atoms with Crippen molar-refractivity contribution < 1.29 is 51.3 Å². The van der Waals surface area contributed by atoms with Crippen LogP contribution in [0, 0.1) is 5.82 Å². The molecule has 41 heavy (non-hydrogen) atoms. The lowest BCUT2D eigenvalue weighted by atomic mass is 9.97. The lowest BCUT2D eigenvalue weighted by Crippen LogP contribution is -2.53. The van der Waals surface area contributed by atoms with Gasteiger partial charge in [-0.25, -0.2) is 28.1 Å². The van der Waals surface area contributed by atoms with Gasteiger partial charge in [0.1, 0.15) is 12.1 Å². The number of aromatic amines is 1. The Kier molecular flexibility index (Phi) is 12.2. The molecule has 1 aromatic rings. The summed E-state index contributed by atoms with van der Waals surface area (Å²) in [4.78, 5) is 37.4. The highest BCUT2D eigenvalue weighted by Gasteiger charge is 2.62. The zero-order valence-corrected chi connectivity index (χ0v) is 24.8. The lowest BCUT2D eigenvalue weighted by molar-refractivity contribution is -0.192. The van der Waals surface area contributed by atoms with Crippen molar-refractivity contribution in [3.8, 4) is 0 Å². The molecule has 236 valence electrons. The van der Waals surface area contributed by atoms with Crippen molar-refractivity contribution in [1.82, 2.24) is 19.7 Å². The van der Waals surface area contributed by atoms with Gasteiger partial charge in [-0.1, -0.05) is 0 Å².